The van der Waals surface area contributed by atoms with Gasteiger partial charge in [-0.3, -0.25) is 4.79 Å². The maximum absolute atomic E-state index is 12.2. The van der Waals surface area contributed by atoms with Crippen molar-refractivity contribution in [3.63, 3.8) is 0 Å². The Bertz CT molecular complexity index is 808. The second kappa shape index (κ2) is 10.3. The zero-order valence-electron chi connectivity index (χ0n) is 16.8. The lowest BCUT2D eigenvalue weighted by molar-refractivity contribution is -0.148. The van der Waals surface area contributed by atoms with Crippen LogP contribution in [0.15, 0.2) is 54.6 Å². The highest BCUT2D eigenvalue weighted by Crippen LogP contribution is 2.17. The van der Waals surface area contributed by atoms with Crippen LogP contribution in [0.5, 0.6) is 5.75 Å². The summed E-state index contributed by atoms with van der Waals surface area (Å²) in [6, 6.07) is 15.0. The number of amides is 1. The van der Waals surface area contributed by atoms with E-state index in [1.807, 2.05) is 31.2 Å². The molecule has 0 saturated carbocycles. The molecule has 0 aromatic heterocycles. The van der Waals surface area contributed by atoms with E-state index in [4.69, 9.17) is 9.47 Å². The number of benzene rings is 2. The Morgan fingerprint density at radius 3 is 2.21 bits per heavy atom. The van der Waals surface area contributed by atoms with Crippen LogP contribution >= 0.6 is 0 Å². The van der Waals surface area contributed by atoms with Gasteiger partial charge in [0.2, 0.25) is 0 Å². The third-order valence-electron chi connectivity index (χ3n) is 4.11. The number of ether oxygens (including phenoxy) is 2. The molecule has 2 aromatic carbocycles. The lowest BCUT2D eigenvalue weighted by atomic mass is 10.0. The van der Waals surface area contributed by atoms with Gasteiger partial charge in [-0.2, -0.15) is 0 Å². The number of rotatable bonds is 8. The molecule has 0 fully saturated rings. The van der Waals surface area contributed by atoms with Crippen LogP contribution in [0, 0.1) is 0 Å². The molecular formula is C23H27NO4. The predicted molar refractivity (Wildman–Crippen MR) is 111 cm³/mol. The van der Waals surface area contributed by atoms with Gasteiger partial charge in [0.05, 0.1) is 6.61 Å². The zero-order chi connectivity index (χ0) is 20.5. The Morgan fingerprint density at radius 1 is 1.00 bits per heavy atom. The Balaban J connectivity index is 1.85. The highest BCUT2D eigenvalue weighted by molar-refractivity contribution is 5.96. The summed E-state index contributed by atoms with van der Waals surface area (Å²) < 4.78 is 10.5. The van der Waals surface area contributed by atoms with Crippen LogP contribution in [0.2, 0.25) is 0 Å². The molecule has 2 rings (SSSR count). The molecule has 0 aliphatic rings. The van der Waals surface area contributed by atoms with Gasteiger partial charge in [0.25, 0.3) is 5.91 Å². The van der Waals surface area contributed by atoms with Gasteiger partial charge in [-0.25, -0.2) is 4.79 Å². The molecule has 148 valence electrons. The van der Waals surface area contributed by atoms with E-state index < -0.39 is 18.0 Å². The molecular weight excluding hydrogens is 354 g/mol. The average molecular weight is 381 g/mol. The molecule has 0 saturated heterocycles. The second-order valence-electron chi connectivity index (χ2n) is 6.68. The van der Waals surface area contributed by atoms with E-state index in [0.717, 1.165) is 11.3 Å². The van der Waals surface area contributed by atoms with Crippen molar-refractivity contribution in [3.05, 3.63) is 65.7 Å². The number of hydrogen-bond acceptors (Lipinski definition) is 4. The van der Waals surface area contributed by atoms with Crippen molar-refractivity contribution < 1.29 is 19.1 Å². The summed E-state index contributed by atoms with van der Waals surface area (Å²) in [4.78, 5) is 24.2. The fourth-order valence-corrected chi connectivity index (χ4v) is 2.47. The Morgan fingerprint density at radius 2 is 1.64 bits per heavy atom. The maximum atomic E-state index is 12.2. The summed E-state index contributed by atoms with van der Waals surface area (Å²) in [6.45, 7) is 8.27. The number of anilines is 1. The van der Waals surface area contributed by atoms with E-state index in [1.165, 1.54) is 18.6 Å². The smallest absolute Gasteiger partial charge is 0.331 e. The first kappa shape index (κ1) is 21.2. The summed E-state index contributed by atoms with van der Waals surface area (Å²) in [7, 11) is 0. The van der Waals surface area contributed by atoms with Gasteiger partial charge < -0.3 is 14.8 Å². The van der Waals surface area contributed by atoms with Crippen molar-refractivity contribution in [2.75, 3.05) is 11.9 Å². The van der Waals surface area contributed by atoms with E-state index in [9.17, 15) is 9.59 Å². The predicted octanol–water partition coefficient (Wildman–Crippen LogP) is 4.79. The molecule has 28 heavy (non-hydrogen) atoms. The summed E-state index contributed by atoms with van der Waals surface area (Å²) in [5, 5.41) is 2.71. The standard InChI is InChI=1S/C23H27NO4/c1-5-27-21-13-11-20(12-14-21)24-23(26)17(4)28-22(25)15-8-18-6-9-19(10-7-18)16(2)3/h6-17H,5H2,1-4H3,(H,24,26)/b15-8+/t17-/m0/s1. The first-order valence-corrected chi connectivity index (χ1v) is 9.41. The second-order valence-corrected chi connectivity index (χ2v) is 6.68. The van der Waals surface area contributed by atoms with Gasteiger partial charge in [-0.15, -0.1) is 0 Å². The van der Waals surface area contributed by atoms with Crippen molar-refractivity contribution >= 4 is 23.6 Å². The maximum Gasteiger partial charge on any atom is 0.331 e. The molecule has 0 aliphatic heterocycles. The molecule has 0 heterocycles. The van der Waals surface area contributed by atoms with Crippen LogP contribution in [-0.2, 0) is 14.3 Å². The van der Waals surface area contributed by atoms with Crippen LogP contribution in [0.4, 0.5) is 5.69 Å². The Kier molecular flexibility index (Phi) is 7.81. The number of carbonyl (C=O) groups is 2. The largest absolute Gasteiger partial charge is 0.494 e. The summed E-state index contributed by atoms with van der Waals surface area (Å²) in [6.07, 6.45) is 2.08. The van der Waals surface area contributed by atoms with Crippen molar-refractivity contribution in [2.24, 2.45) is 0 Å². The van der Waals surface area contributed by atoms with E-state index in [0.29, 0.717) is 18.2 Å². The Hall–Kier alpha value is -3.08. The minimum atomic E-state index is -0.910. The van der Waals surface area contributed by atoms with Gasteiger partial charge in [0, 0.05) is 11.8 Å². The number of carbonyl (C=O) groups excluding carboxylic acids is 2. The third-order valence-corrected chi connectivity index (χ3v) is 4.11. The van der Waals surface area contributed by atoms with E-state index >= 15 is 0 Å². The van der Waals surface area contributed by atoms with Gasteiger partial charge in [-0.1, -0.05) is 38.1 Å². The number of nitrogens with one attached hydrogen (secondary N) is 1. The van der Waals surface area contributed by atoms with Gasteiger partial charge in [0.15, 0.2) is 6.10 Å². The number of hydrogen-bond donors (Lipinski definition) is 1. The number of esters is 1. The molecule has 2 aromatic rings. The highest BCUT2D eigenvalue weighted by Gasteiger charge is 2.16. The van der Waals surface area contributed by atoms with Crippen LogP contribution in [0.25, 0.3) is 6.08 Å². The SMILES string of the molecule is CCOc1ccc(NC(=O)[C@H](C)OC(=O)/C=C/c2ccc(C(C)C)cc2)cc1. The molecule has 5 nitrogen and oxygen atoms in total. The molecule has 0 bridgehead atoms. The normalized spacial score (nSPS) is 12.0. The average Bonchev–Trinajstić information content (AvgIpc) is 2.68. The quantitative estimate of drug-likeness (QED) is 0.527. The van der Waals surface area contributed by atoms with Crippen LogP contribution < -0.4 is 10.1 Å². The van der Waals surface area contributed by atoms with E-state index in [-0.39, 0.29) is 0 Å². The molecule has 1 atom stereocenters. The monoisotopic (exact) mass is 381 g/mol. The lowest BCUT2D eigenvalue weighted by Gasteiger charge is -2.12. The van der Waals surface area contributed by atoms with Gasteiger partial charge in [0.1, 0.15) is 5.75 Å². The highest BCUT2D eigenvalue weighted by atomic mass is 16.5. The molecule has 5 heteroatoms. The first-order chi connectivity index (χ1) is 13.4. The Labute approximate surface area is 166 Å². The minimum Gasteiger partial charge on any atom is -0.494 e. The van der Waals surface area contributed by atoms with E-state index in [1.54, 1.807) is 30.3 Å². The molecule has 0 unspecified atom stereocenters. The molecule has 1 N–H and O–H groups in total. The fraction of sp³-hybridized carbons (Fsp3) is 0.304. The first-order valence-electron chi connectivity index (χ1n) is 9.41. The van der Waals surface area contributed by atoms with E-state index in [2.05, 4.69) is 19.2 Å². The van der Waals surface area contributed by atoms with Gasteiger partial charge in [-0.05, 0) is 61.2 Å². The van der Waals surface area contributed by atoms with Crippen LogP contribution in [0.3, 0.4) is 0 Å². The molecule has 0 aliphatic carbocycles. The van der Waals surface area contributed by atoms with Gasteiger partial charge >= 0.3 is 5.97 Å². The van der Waals surface area contributed by atoms with Crippen molar-refractivity contribution in [3.8, 4) is 5.75 Å². The minimum absolute atomic E-state index is 0.396. The van der Waals surface area contributed by atoms with Crippen molar-refractivity contribution in [1.29, 1.82) is 0 Å². The lowest BCUT2D eigenvalue weighted by Crippen LogP contribution is -2.29. The fourth-order valence-electron chi connectivity index (χ4n) is 2.47. The molecule has 0 radical (unpaired) electrons. The molecule has 1 amide bonds. The van der Waals surface area contributed by atoms with Crippen LogP contribution in [0.1, 0.15) is 44.7 Å². The van der Waals surface area contributed by atoms with Crippen molar-refractivity contribution in [1.82, 2.24) is 0 Å². The summed E-state index contributed by atoms with van der Waals surface area (Å²) >= 11 is 0. The van der Waals surface area contributed by atoms with Crippen LogP contribution in [-0.4, -0.2) is 24.6 Å². The van der Waals surface area contributed by atoms with Crippen molar-refractivity contribution in [2.45, 2.75) is 39.7 Å². The summed E-state index contributed by atoms with van der Waals surface area (Å²) in [5.41, 5.74) is 2.74. The topological polar surface area (TPSA) is 64.6 Å². The third kappa shape index (κ3) is 6.58. The zero-order valence-corrected chi connectivity index (χ0v) is 16.8. The summed E-state index contributed by atoms with van der Waals surface area (Å²) in [5.74, 6) is 0.221. The molecule has 0 spiro atoms.